The first kappa shape index (κ1) is 13.6. The average molecular weight is 308 g/mol. The van der Waals surface area contributed by atoms with Gasteiger partial charge in [-0.15, -0.1) is 0 Å². The molecule has 0 amide bonds. The molecule has 2 aromatic carbocycles. The van der Waals surface area contributed by atoms with Crippen molar-refractivity contribution in [2.45, 2.75) is 13.5 Å². The van der Waals surface area contributed by atoms with Gasteiger partial charge in [0, 0.05) is 23.4 Å². The van der Waals surface area contributed by atoms with Crippen LogP contribution in [0.1, 0.15) is 11.4 Å². The SMILES string of the molecule is Cc1nc(-c2cccc(NCc3cccc4c3OCO4)c2)n[nH]1. The molecule has 1 aromatic heterocycles. The summed E-state index contributed by atoms with van der Waals surface area (Å²) >= 11 is 0. The van der Waals surface area contributed by atoms with Crippen molar-refractivity contribution in [1.82, 2.24) is 15.2 Å². The molecule has 23 heavy (non-hydrogen) atoms. The van der Waals surface area contributed by atoms with Crippen molar-refractivity contribution in [3.05, 3.63) is 53.9 Å². The third-order valence-corrected chi connectivity index (χ3v) is 3.68. The molecule has 0 saturated heterocycles. The highest BCUT2D eigenvalue weighted by Crippen LogP contribution is 2.35. The number of ether oxygens (including phenoxy) is 2. The molecule has 1 aliphatic heterocycles. The Hall–Kier alpha value is -3.02. The molecule has 0 atom stereocenters. The predicted molar refractivity (Wildman–Crippen MR) is 86.4 cm³/mol. The zero-order chi connectivity index (χ0) is 15.6. The van der Waals surface area contributed by atoms with E-state index in [0.29, 0.717) is 12.4 Å². The molecule has 0 spiro atoms. The van der Waals surface area contributed by atoms with Crippen molar-refractivity contribution in [2.75, 3.05) is 12.1 Å². The van der Waals surface area contributed by atoms with Crippen LogP contribution in [0.2, 0.25) is 0 Å². The van der Waals surface area contributed by atoms with Crippen LogP contribution < -0.4 is 14.8 Å². The van der Waals surface area contributed by atoms with Gasteiger partial charge in [0.1, 0.15) is 5.82 Å². The number of hydrogen-bond donors (Lipinski definition) is 2. The Kier molecular flexibility index (Phi) is 3.34. The summed E-state index contributed by atoms with van der Waals surface area (Å²) in [7, 11) is 0. The summed E-state index contributed by atoms with van der Waals surface area (Å²) < 4.78 is 10.9. The second kappa shape index (κ2) is 5.64. The summed E-state index contributed by atoms with van der Waals surface area (Å²) in [6.07, 6.45) is 0. The second-order valence-corrected chi connectivity index (χ2v) is 5.33. The standard InChI is InChI=1S/C17H16N4O2/c1-11-19-17(21-20-11)12-4-2-6-14(8-12)18-9-13-5-3-7-15-16(13)23-10-22-15/h2-8,18H,9-10H2,1H3,(H,19,20,21). The Morgan fingerprint density at radius 1 is 1.17 bits per heavy atom. The van der Waals surface area contributed by atoms with Crippen LogP contribution in [0.3, 0.4) is 0 Å². The number of fused-ring (bicyclic) bond motifs is 1. The maximum absolute atomic E-state index is 5.53. The Bertz CT molecular complexity index is 844. The minimum absolute atomic E-state index is 0.284. The molecule has 4 rings (SSSR count). The van der Waals surface area contributed by atoms with Crippen LogP contribution in [0, 0.1) is 6.92 Å². The number of benzene rings is 2. The number of H-pyrrole nitrogens is 1. The molecule has 0 unspecified atom stereocenters. The van der Waals surface area contributed by atoms with E-state index >= 15 is 0 Å². The van der Waals surface area contributed by atoms with Gasteiger partial charge in [-0.2, -0.15) is 5.10 Å². The van der Waals surface area contributed by atoms with Crippen molar-refractivity contribution < 1.29 is 9.47 Å². The molecular formula is C17H16N4O2. The van der Waals surface area contributed by atoms with Crippen molar-refractivity contribution in [3.63, 3.8) is 0 Å². The zero-order valence-corrected chi connectivity index (χ0v) is 12.7. The molecule has 2 heterocycles. The van der Waals surface area contributed by atoms with E-state index < -0.39 is 0 Å². The third kappa shape index (κ3) is 2.70. The van der Waals surface area contributed by atoms with Gasteiger partial charge in [0.05, 0.1) is 0 Å². The lowest BCUT2D eigenvalue weighted by molar-refractivity contribution is 0.173. The van der Waals surface area contributed by atoms with Crippen molar-refractivity contribution in [3.8, 4) is 22.9 Å². The van der Waals surface area contributed by atoms with Gasteiger partial charge < -0.3 is 14.8 Å². The number of hydrogen-bond acceptors (Lipinski definition) is 5. The van der Waals surface area contributed by atoms with Gasteiger partial charge in [-0.25, -0.2) is 4.98 Å². The molecule has 3 aromatic rings. The molecule has 116 valence electrons. The lowest BCUT2D eigenvalue weighted by atomic mass is 10.1. The monoisotopic (exact) mass is 308 g/mol. The summed E-state index contributed by atoms with van der Waals surface area (Å²) in [6, 6.07) is 13.9. The summed E-state index contributed by atoms with van der Waals surface area (Å²) in [5.74, 6) is 3.12. The summed E-state index contributed by atoms with van der Waals surface area (Å²) in [5.41, 5.74) is 3.04. The van der Waals surface area contributed by atoms with Gasteiger partial charge in [-0.1, -0.05) is 24.3 Å². The molecular weight excluding hydrogens is 292 g/mol. The Balaban J connectivity index is 1.53. The minimum atomic E-state index is 0.284. The van der Waals surface area contributed by atoms with Crippen molar-refractivity contribution in [1.29, 1.82) is 0 Å². The minimum Gasteiger partial charge on any atom is -0.454 e. The van der Waals surface area contributed by atoms with E-state index in [1.165, 1.54) is 0 Å². The lowest BCUT2D eigenvalue weighted by Gasteiger charge is -2.09. The number of aromatic amines is 1. The van der Waals surface area contributed by atoms with Gasteiger partial charge in [0.15, 0.2) is 17.3 Å². The molecule has 1 aliphatic rings. The topological polar surface area (TPSA) is 72.1 Å². The second-order valence-electron chi connectivity index (χ2n) is 5.33. The molecule has 0 radical (unpaired) electrons. The predicted octanol–water partition coefficient (Wildman–Crippen LogP) is 3.12. The maximum Gasteiger partial charge on any atom is 0.231 e. The third-order valence-electron chi connectivity index (χ3n) is 3.68. The van der Waals surface area contributed by atoms with E-state index in [2.05, 4.69) is 20.5 Å². The first-order valence-electron chi connectivity index (χ1n) is 7.40. The van der Waals surface area contributed by atoms with E-state index in [9.17, 15) is 0 Å². The summed E-state index contributed by atoms with van der Waals surface area (Å²) in [4.78, 5) is 4.36. The van der Waals surface area contributed by atoms with Gasteiger partial charge in [0.2, 0.25) is 6.79 Å². The van der Waals surface area contributed by atoms with E-state index in [0.717, 1.165) is 34.1 Å². The first-order chi connectivity index (χ1) is 11.3. The van der Waals surface area contributed by atoms with Crippen LogP contribution in [0.4, 0.5) is 5.69 Å². The quantitative estimate of drug-likeness (QED) is 0.775. The van der Waals surface area contributed by atoms with Gasteiger partial charge in [-0.3, -0.25) is 5.10 Å². The van der Waals surface area contributed by atoms with E-state index in [1.54, 1.807) is 0 Å². The van der Waals surface area contributed by atoms with Gasteiger partial charge in [0.25, 0.3) is 0 Å². The highest BCUT2D eigenvalue weighted by Gasteiger charge is 2.16. The lowest BCUT2D eigenvalue weighted by Crippen LogP contribution is -2.01. The summed E-state index contributed by atoms with van der Waals surface area (Å²) in [6.45, 7) is 2.83. The molecule has 0 saturated carbocycles. The van der Waals surface area contributed by atoms with Crippen LogP contribution in [-0.4, -0.2) is 22.0 Å². The van der Waals surface area contributed by atoms with E-state index in [1.807, 2.05) is 49.4 Å². The molecule has 0 bridgehead atoms. The van der Waals surface area contributed by atoms with E-state index in [4.69, 9.17) is 9.47 Å². The molecule has 0 fully saturated rings. The fourth-order valence-electron chi connectivity index (χ4n) is 2.57. The Labute approximate surface area is 133 Å². The van der Waals surface area contributed by atoms with Crippen LogP contribution in [0.25, 0.3) is 11.4 Å². The van der Waals surface area contributed by atoms with Crippen LogP contribution in [0.15, 0.2) is 42.5 Å². The van der Waals surface area contributed by atoms with Crippen LogP contribution in [0.5, 0.6) is 11.5 Å². The van der Waals surface area contributed by atoms with Crippen molar-refractivity contribution >= 4 is 5.69 Å². The summed E-state index contributed by atoms with van der Waals surface area (Å²) in [5, 5.41) is 10.5. The van der Waals surface area contributed by atoms with Crippen molar-refractivity contribution in [2.24, 2.45) is 0 Å². The number of aryl methyl sites for hydroxylation is 1. The van der Waals surface area contributed by atoms with E-state index in [-0.39, 0.29) is 6.79 Å². The number of rotatable bonds is 4. The fourth-order valence-corrected chi connectivity index (χ4v) is 2.57. The fraction of sp³-hybridized carbons (Fsp3) is 0.176. The number of aromatic nitrogens is 3. The zero-order valence-electron chi connectivity index (χ0n) is 12.7. The highest BCUT2D eigenvalue weighted by molar-refractivity contribution is 5.62. The number of nitrogens with one attached hydrogen (secondary N) is 2. The van der Waals surface area contributed by atoms with Gasteiger partial charge >= 0.3 is 0 Å². The molecule has 0 aliphatic carbocycles. The Morgan fingerprint density at radius 2 is 2.09 bits per heavy atom. The van der Waals surface area contributed by atoms with Gasteiger partial charge in [-0.05, 0) is 25.1 Å². The normalized spacial score (nSPS) is 12.4. The molecule has 6 heteroatoms. The molecule has 6 nitrogen and oxygen atoms in total. The van der Waals surface area contributed by atoms with Crippen LogP contribution in [-0.2, 0) is 6.54 Å². The first-order valence-corrected chi connectivity index (χ1v) is 7.40. The number of para-hydroxylation sites is 1. The van der Waals surface area contributed by atoms with Crippen LogP contribution >= 0.6 is 0 Å². The highest BCUT2D eigenvalue weighted by atomic mass is 16.7. The Morgan fingerprint density at radius 3 is 2.96 bits per heavy atom. The largest absolute Gasteiger partial charge is 0.454 e. The number of nitrogens with zero attached hydrogens (tertiary/aromatic N) is 2. The smallest absolute Gasteiger partial charge is 0.231 e. The molecule has 2 N–H and O–H groups in total. The average Bonchev–Trinajstić information content (AvgIpc) is 3.22. The number of anilines is 1. The maximum atomic E-state index is 5.53.